The van der Waals surface area contributed by atoms with Gasteiger partial charge in [-0.3, -0.25) is 0 Å². The Hall–Kier alpha value is -1.48. The molecular formula is C9H10F3NO4S. The van der Waals surface area contributed by atoms with Crippen LogP contribution in [0.4, 0.5) is 13.2 Å². The van der Waals surface area contributed by atoms with E-state index in [-0.39, 0.29) is 12.4 Å². The van der Waals surface area contributed by atoms with E-state index in [9.17, 15) is 21.6 Å². The summed E-state index contributed by atoms with van der Waals surface area (Å²) in [6.07, 6.45) is -5.05. The fraction of sp³-hybridized carbons (Fsp3) is 0.333. The Morgan fingerprint density at radius 1 is 1.33 bits per heavy atom. The maximum atomic E-state index is 12.2. The minimum absolute atomic E-state index is 0.0439. The number of hydrogen-bond donors (Lipinski definition) is 1. The van der Waals surface area contributed by atoms with Crippen LogP contribution in [-0.4, -0.2) is 21.4 Å². The number of hydrogen-bond acceptors (Lipinski definition) is 4. The van der Waals surface area contributed by atoms with Gasteiger partial charge in [-0.25, -0.2) is 13.6 Å². The van der Waals surface area contributed by atoms with Crippen molar-refractivity contribution in [3.63, 3.8) is 0 Å². The molecule has 0 aliphatic carbocycles. The summed E-state index contributed by atoms with van der Waals surface area (Å²) in [7, 11) is -4.35. The average molecular weight is 285 g/mol. The molecule has 0 saturated carbocycles. The molecule has 1 aromatic rings. The highest BCUT2D eigenvalue weighted by atomic mass is 32.2. The Morgan fingerprint density at radius 2 is 1.94 bits per heavy atom. The van der Waals surface area contributed by atoms with Crippen LogP contribution in [0.5, 0.6) is 11.5 Å². The summed E-state index contributed by atoms with van der Waals surface area (Å²) in [6.45, 7) is 1.57. The summed E-state index contributed by atoms with van der Waals surface area (Å²) in [6, 6.07) is 3.26. The molecule has 0 aliphatic heterocycles. The number of halogens is 3. The van der Waals surface area contributed by atoms with Gasteiger partial charge in [0.2, 0.25) is 10.0 Å². The molecule has 102 valence electrons. The van der Waals surface area contributed by atoms with Crippen molar-refractivity contribution in [2.75, 3.05) is 6.61 Å². The molecule has 18 heavy (non-hydrogen) atoms. The standard InChI is InChI=1S/C9H10F3NO4S/c1-2-16-6-4-3-5-7(18(13,14)15)8(6)17-9(10,11)12/h3-5H,2H2,1H3,(H2,13,14,15). The summed E-state index contributed by atoms with van der Waals surface area (Å²) in [5, 5.41) is 4.81. The molecule has 5 nitrogen and oxygen atoms in total. The van der Waals surface area contributed by atoms with E-state index < -0.39 is 27.0 Å². The molecule has 2 N–H and O–H groups in total. The zero-order valence-corrected chi connectivity index (χ0v) is 10.0. The van der Waals surface area contributed by atoms with Crippen molar-refractivity contribution in [1.29, 1.82) is 0 Å². The van der Waals surface area contributed by atoms with Crippen LogP contribution in [0.2, 0.25) is 0 Å². The van der Waals surface area contributed by atoms with Crippen LogP contribution in [0.25, 0.3) is 0 Å². The van der Waals surface area contributed by atoms with Crippen LogP contribution in [0.15, 0.2) is 23.1 Å². The summed E-state index contributed by atoms with van der Waals surface area (Å²) in [5.41, 5.74) is 0. The summed E-state index contributed by atoms with van der Waals surface area (Å²) in [5.74, 6) is -1.31. The molecular weight excluding hydrogens is 275 g/mol. The Morgan fingerprint density at radius 3 is 2.39 bits per heavy atom. The van der Waals surface area contributed by atoms with E-state index in [0.29, 0.717) is 0 Å². The minimum atomic E-state index is -5.05. The van der Waals surface area contributed by atoms with Crippen LogP contribution in [-0.2, 0) is 10.0 Å². The second-order valence-electron chi connectivity index (χ2n) is 3.11. The first-order chi connectivity index (χ1) is 8.15. The van der Waals surface area contributed by atoms with E-state index in [1.807, 2.05) is 0 Å². The fourth-order valence-electron chi connectivity index (χ4n) is 1.21. The number of ether oxygens (including phenoxy) is 2. The lowest BCUT2D eigenvalue weighted by molar-refractivity contribution is -0.276. The zero-order valence-electron chi connectivity index (χ0n) is 9.19. The molecule has 0 saturated heterocycles. The van der Waals surface area contributed by atoms with Crippen molar-refractivity contribution in [2.24, 2.45) is 5.14 Å². The summed E-state index contributed by atoms with van der Waals surface area (Å²) >= 11 is 0. The van der Waals surface area contributed by atoms with Gasteiger partial charge in [0.1, 0.15) is 4.90 Å². The number of nitrogens with two attached hydrogens (primary N) is 1. The quantitative estimate of drug-likeness (QED) is 0.912. The van der Waals surface area contributed by atoms with Gasteiger partial charge in [-0.2, -0.15) is 0 Å². The number of benzene rings is 1. The molecule has 0 spiro atoms. The molecule has 0 heterocycles. The topological polar surface area (TPSA) is 78.6 Å². The molecule has 0 bridgehead atoms. The molecule has 0 aliphatic rings. The van der Waals surface area contributed by atoms with Gasteiger partial charge in [0.15, 0.2) is 11.5 Å². The van der Waals surface area contributed by atoms with Crippen LogP contribution in [0.1, 0.15) is 6.92 Å². The predicted octanol–water partition coefficient (Wildman–Crippen LogP) is 1.63. The molecule has 0 amide bonds. The van der Waals surface area contributed by atoms with Gasteiger partial charge in [0, 0.05) is 0 Å². The van der Waals surface area contributed by atoms with Gasteiger partial charge in [-0.1, -0.05) is 6.07 Å². The lowest BCUT2D eigenvalue weighted by Gasteiger charge is -2.15. The summed E-state index contributed by atoms with van der Waals surface area (Å²) in [4.78, 5) is -0.786. The smallest absolute Gasteiger partial charge is 0.490 e. The van der Waals surface area contributed by atoms with Gasteiger partial charge in [-0.05, 0) is 19.1 Å². The van der Waals surface area contributed by atoms with Crippen LogP contribution in [0, 0.1) is 0 Å². The lowest BCUT2D eigenvalue weighted by Crippen LogP contribution is -2.21. The van der Waals surface area contributed by atoms with Crippen LogP contribution < -0.4 is 14.6 Å². The number of sulfonamides is 1. The minimum Gasteiger partial charge on any atom is -0.490 e. The first kappa shape index (κ1) is 14.6. The van der Waals surface area contributed by atoms with Gasteiger partial charge in [0.25, 0.3) is 0 Å². The van der Waals surface area contributed by atoms with E-state index in [0.717, 1.165) is 12.1 Å². The van der Waals surface area contributed by atoms with Crippen molar-refractivity contribution in [3.8, 4) is 11.5 Å². The zero-order chi connectivity index (χ0) is 14.0. The Labute approximate surface area is 101 Å². The monoisotopic (exact) mass is 285 g/mol. The highest BCUT2D eigenvalue weighted by molar-refractivity contribution is 7.89. The second kappa shape index (κ2) is 5.02. The van der Waals surface area contributed by atoms with Crippen molar-refractivity contribution >= 4 is 10.0 Å². The number of para-hydroxylation sites is 1. The fourth-order valence-corrected chi connectivity index (χ4v) is 1.87. The molecule has 0 radical (unpaired) electrons. The van der Waals surface area contributed by atoms with Gasteiger partial charge < -0.3 is 9.47 Å². The third-order valence-corrected chi connectivity index (χ3v) is 2.70. The number of primary sulfonamides is 1. The van der Waals surface area contributed by atoms with Crippen molar-refractivity contribution < 1.29 is 31.1 Å². The van der Waals surface area contributed by atoms with E-state index in [2.05, 4.69) is 4.74 Å². The number of alkyl halides is 3. The molecule has 0 fully saturated rings. The Bertz CT molecular complexity index is 527. The van der Waals surface area contributed by atoms with Crippen molar-refractivity contribution in [1.82, 2.24) is 0 Å². The van der Waals surface area contributed by atoms with Gasteiger partial charge in [0.05, 0.1) is 6.61 Å². The second-order valence-corrected chi connectivity index (χ2v) is 4.64. The van der Waals surface area contributed by atoms with E-state index in [4.69, 9.17) is 9.88 Å². The third kappa shape index (κ3) is 3.77. The molecule has 0 unspecified atom stereocenters. The normalized spacial score (nSPS) is 12.3. The first-order valence-corrected chi connectivity index (χ1v) is 6.24. The number of rotatable bonds is 4. The van der Waals surface area contributed by atoms with E-state index >= 15 is 0 Å². The Balaban J connectivity index is 3.39. The summed E-state index contributed by atoms with van der Waals surface area (Å²) < 4.78 is 67.5. The SMILES string of the molecule is CCOc1cccc(S(N)(=O)=O)c1OC(F)(F)F. The molecule has 1 aromatic carbocycles. The third-order valence-electron chi connectivity index (χ3n) is 1.77. The van der Waals surface area contributed by atoms with Gasteiger partial charge in [-0.15, -0.1) is 13.2 Å². The highest BCUT2D eigenvalue weighted by Crippen LogP contribution is 2.37. The lowest BCUT2D eigenvalue weighted by atomic mass is 10.3. The highest BCUT2D eigenvalue weighted by Gasteiger charge is 2.35. The maximum absolute atomic E-state index is 12.2. The first-order valence-electron chi connectivity index (χ1n) is 4.69. The largest absolute Gasteiger partial charge is 0.573 e. The maximum Gasteiger partial charge on any atom is 0.573 e. The van der Waals surface area contributed by atoms with Crippen molar-refractivity contribution in [2.45, 2.75) is 18.2 Å². The van der Waals surface area contributed by atoms with Crippen LogP contribution >= 0.6 is 0 Å². The van der Waals surface area contributed by atoms with E-state index in [1.54, 1.807) is 0 Å². The van der Waals surface area contributed by atoms with Crippen molar-refractivity contribution in [3.05, 3.63) is 18.2 Å². The van der Waals surface area contributed by atoms with Gasteiger partial charge >= 0.3 is 6.36 Å². The molecule has 0 atom stereocenters. The van der Waals surface area contributed by atoms with E-state index in [1.165, 1.54) is 13.0 Å². The molecule has 1 rings (SSSR count). The average Bonchev–Trinajstić information content (AvgIpc) is 2.17. The van der Waals surface area contributed by atoms with Crippen LogP contribution in [0.3, 0.4) is 0 Å². The molecule has 0 aromatic heterocycles. The molecule has 9 heteroatoms. The predicted molar refractivity (Wildman–Crippen MR) is 55.7 cm³/mol. The Kier molecular flexibility index (Phi) is 4.07.